The average Bonchev–Trinajstić information content (AvgIpc) is 2.74. The first-order valence-corrected chi connectivity index (χ1v) is 10.7. The molecule has 176 valence electrons. The van der Waals surface area contributed by atoms with Gasteiger partial charge in [0.25, 0.3) is 0 Å². The van der Waals surface area contributed by atoms with Gasteiger partial charge in [-0.3, -0.25) is 14.4 Å². The Kier molecular flexibility index (Phi) is 10.2. The highest BCUT2D eigenvalue weighted by atomic mass is 16.6. The molecule has 0 radical (unpaired) electrons. The summed E-state index contributed by atoms with van der Waals surface area (Å²) in [5.41, 5.74) is -1.79. The first kappa shape index (κ1) is 27.0. The van der Waals surface area contributed by atoms with Crippen molar-refractivity contribution in [3.05, 3.63) is 35.9 Å². The molecule has 0 amide bonds. The van der Waals surface area contributed by atoms with Gasteiger partial charge in [0.05, 0.1) is 11.0 Å². The summed E-state index contributed by atoms with van der Waals surface area (Å²) in [7, 11) is 0. The Bertz CT molecular complexity index is 814. The highest BCUT2D eigenvalue weighted by Crippen LogP contribution is 2.34. The molecule has 0 heterocycles. The summed E-state index contributed by atoms with van der Waals surface area (Å²) in [5, 5.41) is 0. The van der Waals surface area contributed by atoms with Gasteiger partial charge in [0.2, 0.25) is 5.60 Å². The minimum atomic E-state index is -1.37. The molecule has 0 N–H and O–H groups in total. The summed E-state index contributed by atoms with van der Waals surface area (Å²) in [6.07, 6.45) is 3.47. The van der Waals surface area contributed by atoms with Gasteiger partial charge in [-0.15, -0.1) is 0 Å². The lowest BCUT2D eigenvalue weighted by molar-refractivity contribution is -0.181. The number of esters is 5. The lowest BCUT2D eigenvalue weighted by Gasteiger charge is -2.34. The molecule has 0 atom stereocenters. The van der Waals surface area contributed by atoms with Gasteiger partial charge in [0, 0.05) is 13.3 Å². The molecule has 2 rings (SSSR count). The second-order valence-electron chi connectivity index (χ2n) is 8.56. The Labute approximate surface area is 188 Å². The quantitative estimate of drug-likeness (QED) is 0.383. The minimum absolute atomic E-state index is 0.250. The van der Waals surface area contributed by atoms with Crippen molar-refractivity contribution in [3.63, 3.8) is 0 Å². The predicted molar refractivity (Wildman–Crippen MR) is 115 cm³/mol. The lowest BCUT2D eigenvalue weighted by Crippen LogP contribution is -2.47. The first-order chi connectivity index (χ1) is 14.9. The van der Waals surface area contributed by atoms with Gasteiger partial charge in [-0.05, 0) is 58.6 Å². The van der Waals surface area contributed by atoms with Gasteiger partial charge in [-0.25, -0.2) is 9.59 Å². The largest absolute Gasteiger partial charge is 0.443 e. The van der Waals surface area contributed by atoms with E-state index >= 15 is 0 Å². The topological polar surface area (TPSA) is 113 Å². The number of rotatable bonds is 4. The van der Waals surface area contributed by atoms with Crippen LogP contribution in [-0.4, -0.2) is 35.4 Å². The van der Waals surface area contributed by atoms with E-state index in [2.05, 4.69) is 4.74 Å². The summed E-state index contributed by atoms with van der Waals surface area (Å²) in [4.78, 5) is 57.2. The molecule has 1 aromatic rings. The van der Waals surface area contributed by atoms with E-state index in [9.17, 15) is 24.0 Å². The van der Waals surface area contributed by atoms with Gasteiger partial charge >= 0.3 is 29.8 Å². The first-order valence-electron chi connectivity index (χ1n) is 10.7. The minimum Gasteiger partial charge on any atom is -0.443 e. The second-order valence-corrected chi connectivity index (χ2v) is 8.56. The van der Waals surface area contributed by atoms with Crippen LogP contribution in [0.1, 0.15) is 83.5 Å². The number of carbonyl (C=O) groups excluding carboxylic acids is 5. The number of ether oxygens (including phenoxy) is 3. The fourth-order valence-electron chi connectivity index (χ4n) is 2.84. The fourth-order valence-corrected chi connectivity index (χ4v) is 2.84. The highest BCUT2D eigenvalue weighted by molar-refractivity contribution is 5.96. The maximum atomic E-state index is 12.6. The van der Waals surface area contributed by atoms with Crippen LogP contribution >= 0.6 is 0 Å². The van der Waals surface area contributed by atoms with Gasteiger partial charge in [0.15, 0.2) is 0 Å². The zero-order valence-electron chi connectivity index (χ0n) is 19.4. The average molecular weight is 449 g/mol. The molecule has 0 aliphatic heterocycles. The van der Waals surface area contributed by atoms with Gasteiger partial charge in [0.1, 0.15) is 0 Å². The molecule has 0 unspecified atom stereocenters. The summed E-state index contributed by atoms with van der Waals surface area (Å²) >= 11 is 0. The normalized spacial score (nSPS) is 14.8. The van der Waals surface area contributed by atoms with E-state index in [1.807, 2.05) is 0 Å². The third kappa shape index (κ3) is 8.61. The molecule has 0 saturated heterocycles. The van der Waals surface area contributed by atoms with Gasteiger partial charge in [-0.2, -0.15) is 0 Å². The van der Waals surface area contributed by atoms with Crippen LogP contribution in [0.5, 0.6) is 0 Å². The lowest BCUT2D eigenvalue weighted by atomic mass is 9.84. The third-order valence-electron chi connectivity index (χ3n) is 4.67. The van der Waals surface area contributed by atoms with Crippen molar-refractivity contribution in [1.82, 2.24) is 0 Å². The SMILES string of the molecule is CC(C)(C)C(=O)OC(=O)C1(OC(=O)c2ccccc2)CCCCC1.CCC(=O)OC(C)=O. The molecule has 1 fully saturated rings. The van der Waals surface area contributed by atoms with Crippen molar-refractivity contribution >= 4 is 29.8 Å². The van der Waals surface area contributed by atoms with E-state index in [1.54, 1.807) is 58.0 Å². The molecule has 0 spiro atoms. The number of benzene rings is 1. The molecule has 0 aromatic heterocycles. The number of hydrogen-bond donors (Lipinski definition) is 0. The Morgan fingerprint density at radius 2 is 1.47 bits per heavy atom. The van der Waals surface area contributed by atoms with Gasteiger partial charge in [-0.1, -0.05) is 31.5 Å². The standard InChI is InChI=1S/C19H24O5.C5H8O3/c1-18(2,3)16(21)23-17(22)19(12-8-5-9-13-19)24-15(20)14-10-6-4-7-11-14;1-3-5(7)8-4(2)6/h4,6-7,10-11H,5,8-9,12-13H2,1-3H3;3H2,1-2H3. The molecule has 1 saturated carbocycles. The van der Waals surface area contributed by atoms with E-state index in [-0.39, 0.29) is 6.42 Å². The van der Waals surface area contributed by atoms with Crippen LogP contribution in [0, 0.1) is 5.41 Å². The maximum absolute atomic E-state index is 12.6. The Morgan fingerprint density at radius 1 is 0.906 bits per heavy atom. The summed E-state index contributed by atoms with van der Waals surface area (Å²) in [5.74, 6) is -2.97. The zero-order valence-corrected chi connectivity index (χ0v) is 19.4. The van der Waals surface area contributed by atoms with Crippen LogP contribution in [0.3, 0.4) is 0 Å². The van der Waals surface area contributed by atoms with E-state index in [0.29, 0.717) is 18.4 Å². The van der Waals surface area contributed by atoms with E-state index < -0.39 is 40.9 Å². The van der Waals surface area contributed by atoms with Crippen molar-refractivity contribution in [2.24, 2.45) is 5.41 Å². The Hall–Kier alpha value is -3.03. The van der Waals surface area contributed by atoms with E-state index in [1.165, 1.54) is 6.92 Å². The predicted octanol–water partition coefficient (Wildman–Crippen LogP) is 4.15. The molecule has 8 heteroatoms. The van der Waals surface area contributed by atoms with Crippen LogP contribution in [0.4, 0.5) is 0 Å². The van der Waals surface area contributed by atoms with Crippen molar-refractivity contribution in [1.29, 1.82) is 0 Å². The molecular weight excluding hydrogens is 416 g/mol. The maximum Gasteiger partial charge on any atom is 0.358 e. The van der Waals surface area contributed by atoms with Crippen LogP contribution in [0.15, 0.2) is 30.3 Å². The Morgan fingerprint density at radius 3 is 1.91 bits per heavy atom. The fraction of sp³-hybridized carbons (Fsp3) is 0.542. The number of hydrogen-bond acceptors (Lipinski definition) is 8. The van der Waals surface area contributed by atoms with E-state index in [0.717, 1.165) is 19.3 Å². The molecule has 8 nitrogen and oxygen atoms in total. The third-order valence-corrected chi connectivity index (χ3v) is 4.67. The van der Waals surface area contributed by atoms with Crippen LogP contribution in [-0.2, 0) is 33.4 Å². The van der Waals surface area contributed by atoms with Crippen molar-refractivity contribution in [2.45, 2.75) is 78.7 Å². The van der Waals surface area contributed by atoms with Gasteiger partial charge < -0.3 is 14.2 Å². The van der Waals surface area contributed by atoms with Crippen molar-refractivity contribution in [3.8, 4) is 0 Å². The molecular formula is C24H32O8. The second kappa shape index (κ2) is 12.1. The molecule has 32 heavy (non-hydrogen) atoms. The smallest absolute Gasteiger partial charge is 0.358 e. The highest BCUT2D eigenvalue weighted by Gasteiger charge is 2.47. The van der Waals surface area contributed by atoms with Crippen LogP contribution in [0.25, 0.3) is 0 Å². The van der Waals surface area contributed by atoms with Crippen molar-refractivity contribution < 1.29 is 38.2 Å². The molecule has 1 aliphatic rings. The van der Waals surface area contributed by atoms with E-state index in [4.69, 9.17) is 9.47 Å². The van der Waals surface area contributed by atoms with Crippen LogP contribution < -0.4 is 0 Å². The summed E-state index contributed by atoms with van der Waals surface area (Å²) in [6, 6.07) is 8.51. The molecule has 0 bridgehead atoms. The van der Waals surface area contributed by atoms with Crippen molar-refractivity contribution in [2.75, 3.05) is 0 Å². The molecule has 1 aliphatic carbocycles. The Balaban J connectivity index is 0.000000547. The zero-order chi connectivity index (χ0) is 24.4. The summed E-state index contributed by atoms with van der Waals surface area (Å²) < 4.78 is 14.7. The molecule has 1 aromatic carbocycles. The number of carbonyl (C=O) groups is 5. The van der Waals surface area contributed by atoms with Crippen LogP contribution in [0.2, 0.25) is 0 Å². The summed E-state index contributed by atoms with van der Waals surface area (Å²) in [6.45, 7) is 7.85. The monoisotopic (exact) mass is 448 g/mol.